The summed E-state index contributed by atoms with van der Waals surface area (Å²) in [6.45, 7) is 20.9. The third-order valence-electron chi connectivity index (χ3n) is 16.9. The molecule has 0 aromatic rings. The van der Waals surface area contributed by atoms with E-state index in [-0.39, 0.29) is 36.2 Å². The Kier molecular flexibility index (Phi) is 10.4. The van der Waals surface area contributed by atoms with Gasteiger partial charge in [-0.3, -0.25) is 14.5 Å². The van der Waals surface area contributed by atoms with Crippen molar-refractivity contribution >= 4 is 17.9 Å². The third kappa shape index (κ3) is 7.02. The Morgan fingerprint density at radius 1 is 0.796 bits per heavy atom. The SMILES string of the molecule is C[C@H]1CC[C@@]2(OC1)O[C@H]1C[C@H]3[C@@H]4CC[C@@H]5CC(NC(=O)CC(=O)N6CCC(N7CCN(C(=O)OC(C)(C)C)CC7)CC6)CC[C@]5(C)C4CC[C@]3(C)[C@H]1[C@@H]2C. The van der Waals surface area contributed by atoms with E-state index in [0.29, 0.717) is 72.8 Å². The number of piperazine rings is 1. The third-order valence-corrected chi connectivity index (χ3v) is 16.9. The Bertz CT molecular complexity index is 1410. The van der Waals surface area contributed by atoms with Gasteiger partial charge < -0.3 is 29.3 Å². The molecule has 10 nitrogen and oxygen atoms in total. The molecule has 4 saturated carbocycles. The van der Waals surface area contributed by atoms with Crippen molar-refractivity contribution in [2.24, 2.45) is 52.3 Å². The van der Waals surface area contributed by atoms with E-state index >= 15 is 0 Å². The lowest BCUT2D eigenvalue weighted by molar-refractivity contribution is -0.273. The van der Waals surface area contributed by atoms with Crippen LogP contribution in [-0.2, 0) is 23.8 Å². The molecule has 1 N–H and O–H groups in total. The molecule has 3 amide bonds. The van der Waals surface area contributed by atoms with Gasteiger partial charge in [-0.2, -0.15) is 0 Å². The van der Waals surface area contributed by atoms with Gasteiger partial charge in [0, 0.05) is 63.7 Å². The average molecular weight is 753 g/mol. The first-order valence-corrected chi connectivity index (χ1v) is 22.2. The quantitative estimate of drug-likeness (QED) is 0.314. The molecule has 12 atom stereocenters. The number of hydrogen-bond donors (Lipinski definition) is 1. The summed E-state index contributed by atoms with van der Waals surface area (Å²) >= 11 is 0. The van der Waals surface area contributed by atoms with Crippen LogP contribution in [0.5, 0.6) is 0 Å². The van der Waals surface area contributed by atoms with Crippen LogP contribution in [-0.4, -0.2) is 108 Å². The molecule has 4 saturated heterocycles. The molecule has 8 aliphatic rings. The maximum absolute atomic E-state index is 13.3. The molecule has 4 aliphatic heterocycles. The number of hydrogen-bond acceptors (Lipinski definition) is 7. The summed E-state index contributed by atoms with van der Waals surface area (Å²) in [5.74, 6) is 4.15. The van der Waals surface area contributed by atoms with E-state index in [1.807, 2.05) is 25.7 Å². The predicted molar refractivity (Wildman–Crippen MR) is 207 cm³/mol. The standard InChI is InChI=1S/C44H72N4O6/c1-28-10-17-44(52-27-28)29(2)39-36(53-44)25-35-33-9-8-30-24-31(11-15-42(30,6)34(33)12-16-43(35,39)7)45-37(49)26-38(50)47-18-13-32(14-19-47)46-20-22-48(23-21-46)40(51)54-41(3,4)5/h28-36,39H,8-27H2,1-7H3,(H,45,49)/t28-,29-,30+,31?,33+,34?,35-,36-,39-,42-,43-,44+/m0/s1. The Hall–Kier alpha value is -1.91. The molecule has 8 rings (SSSR count). The van der Waals surface area contributed by atoms with Gasteiger partial charge in [-0.15, -0.1) is 0 Å². The first kappa shape index (κ1) is 38.9. The summed E-state index contributed by atoms with van der Waals surface area (Å²) in [5.41, 5.74) is 0.192. The fourth-order valence-corrected chi connectivity index (χ4v) is 14.0. The van der Waals surface area contributed by atoms with Crippen LogP contribution in [0, 0.1) is 52.3 Å². The van der Waals surface area contributed by atoms with E-state index in [0.717, 1.165) is 69.6 Å². The molecular formula is C44H72N4O6. The zero-order chi connectivity index (χ0) is 38.2. The normalized spacial score (nSPS) is 44.2. The Morgan fingerprint density at radius 3 is 2.20 bits per heavy atom. The van der Waals surface area contributed by atoms with Gasteiger partial charge in [-0.05, 0) is 138 Å². The number of carbonyl (C=O) groups is 3. The number of nitrogens with one attached hydrogen (secondary N) is 1. The van der Waals surface area contributed by atoms with Crippen LogP contribution in [0.4, 0.5) is 4.79 Å². The fourth-order valence-electron chi connectivity index (χ4n) is 14.0. The van der Waals surface area contributed by atoms with Gasteiger partial charge in [0.15, 0.2) is 5.79 Å². The highest BCUT2D eigenvalue weighted by atomic mass is 16.7. The molecule has 4 aliphatic carbocycles. The first-order valence-electron chi connectivity index (χ1n) is 22.2. The lowest BCUT2D eigenvalue weighted by Gasteiger charge is -2.61. The highest BCUT2D eigenvalue weighted by molar-refractivity contribution is 5.97. The number of amides is 3. The van der Waals surface area contributed by atoms with Gasteiger partial charge in [0.1, 0.15) is 12.0 Å². The van der Waals surface area contributed by atoms with E-state index in [1.54, 1.807) is 4.90 Å². The van der Waals surface area contributed by atoms with E-state index in [1.165, 1.54) is 44.9 Å². The summed E-state index contributed by atoms with van der Waals surface area (Å²) < 4.78 is 19.1. The van der Waals surface area contributed by atoms with Crippen LogP contribution in [0.25, 0.3) is 0 Å². The van der Waals surface area contributed by atoms with Gasteiger partial charge >= 0.3 is 6.09 Å². The van der Waals surface area contributed by atoms with Gasteiger partial charge in [-0.25, -0.2) is 4.79 Å². The summed E-state index contributed by atoms with van der Waals surface area (Å²) in [6.07, 6.45) is 13.8. The maximum Gasteiger partial charge on any atom is 0.410 e. The number of rotatable bonds is 4. The summed E-state index contributed by atoms with van der Waals surface area (Å²) in [6, 6.07) is 0.582. The second-order valence-electron chi connectivity index (χ2n) is 21.0. The molecule has 2 unspecified atom stereocenters. The molecule has 0 aromatic carbocycles. The predicted octanol–water partition coefficient (Wildman–Crippen LogP) is 6.85. The molecular weight excluding hydrogens is 681 g/mol. The van der Waals surface area contributed by atoms with E-state index in [2.05, 4.69) is 37.9 Å². The number of ether oxygens (including phenoxy) is 3. The Balaban J connectivity index is 0.786. The molecule has 1 spiro atoms. The zero-order valence-electron chi connectivity index (χ0n) is 34.7. The molecule has 0 radical (unpaired) electrons. The monoisotopic (exact) mass is 753 g/mol. The molecule has 0 bridgehead atoms. The van der Waals surface area contributed by atoms with Crippen LogP contribution in [0.2, 0.25) is 0 Å². The van der Waals surface area contributed by atoms with Gasteiger partial charge in [0.05, 0.1) is 12.7 Å². The second-order valence-corrected chi connectivity index (χ2v) is 21.0. The van der Waals surface area contributed by atoms with Gasteiger partial charge in [-0.1, -0.05) is 27.7 Å². The number of nitrogens with zero attached hydrogens (tertiary/aromatic N) is 3. The van der Waals surface area contributed by atoms with Crippen LogP contribution in [0.15, 0.2) is 0 Å². The van der Waals surface area contributed by atoms with Crippen molar-refractivity contribution in [3.63, 3.8) is 0 Å². The van der Waals surface area contributed by atoms with Crippen molar-refractivity contribution in [1.82, 2.24) is 20.0 Å². The van der Waals surface area contributed by atoms with E-state index in [9.17, 15) is 14.4 Å². The summed E-state index contributed by atoms with van der Waals surface area (Å²) in [5, 5.41) is 3.34. The zero-order valence-corrected chi connectivity index (χ0v) is 34.7. The number of likely N-dealkylation sites (tertiary alicyclic amines) is 1. The van der Waals surface area contributed by atoms with Crippen molar-refractivity contribution in [1.29, 1.82) is 0 Å². The molecule has 0 aromatic heterocycles. The van der Waals surface area contributed by atoms with Crippen molar-refractivity contribution in [3.05, 3.63) is 0 Å². The average Bonchev–Trinajstić information content (AvgIpc) is 3.58. The highest BCUT2D eigenvalue weighted by Crippen LogP contribution is 2.71. The maximum atomic E-state index is 13.3. The number of piperidine rings is 1. The van der Waals surface area contributed by atoms with Crippen LogP contribution >= 0.6 is 0 Å². The number of carbonyl (C=O) groups excluding carboxylic acids is 3. The molecule has 4 heterocycles. The topological polar surface area (TPSA) is 101 Å². The second kappa shape index (κ2) is 14.5. The first-order chi connectivity index (χ1) is 25.6. The van der Waals surface area contributed by atoms with E-state index < -0.39 is 5.60 Å². The lowest BCUT2D eigenvalue weighted by Crippen LogP contribution is -2.56. The van der Waals surface area contributed by atoms with Crippen LogP contribution < -0.4 is 5.32 Å². The largest absolute Gasteiger partial charge is 0.444 e. The van der Waals surface area contributed by atoms with Crippen LogP contribution in [0.3, 0.4) is 0 Å². The van der Waals surface area contributed by atoms with Crippen molar-refractivity contribution < 1.29 is 28.6 Å². The van der Waals surface area contributed by atoms with Crippen molar-refractivity contribution in [2.75, 3.05) is 45.9 Å². The van der Waals surface area contributed by atoms with Gasteiger partial charge in [0.2, 0.25) is 11.8 Å². The fraction of sp³-hybridized carbons (Fsp3) is 0.932. The molecule has 304 valence electrons. The van der Waals surface area contributed by atoms with E-state index in [4.69, 9.17) is 14.2 Å². The minimum atomic E-state index is -0.487. The molecule has 8 fully saturated rings. The van der Waals surface area contributed by atoms with Crippen LogP contribution in [0.1, 0.15) is 132 Å². The number of fused-ring (bicyclic) bond motifs is 7. The Labute approximate surface area is 325 Å². The Morgan fingerprint density at radius 2 is 1.52 bits per heavy atom. The summed E-state index contributed by atoms with van der Waals surface area (Å²) in [7, 11) is 0. The minimum Gasteiger partial charge on any atom is -0.444 e. The van der Waals surface area contributed by atoms with Crippen molar-refractivity contribution in [3.8, 4) is 0 Å². The summed E-state index contributed by atoms with van der Waals surface area (Å²) in [4.78, 5) is 45.2. The highest BCUT2D eigenvalue weighted by Gasteiger charge is 2.69. The minimum absolute atomic E-state index is 0.0396. The molecule has 10 heteroatoms. The van der Waals surface area contributed by atoms with Gasteiger partial charge in [0.25, 0.3) is 0 Å². The lowest BCUT2D eigenvalue weighted by atomic mass is 9.44. The molecule has 54 heavy (non-hydrogen) atoms. The smallest absolute Gasteiger partial charge is 0.410 e. The van der Waals surface area contributed by atoms with Crippen molar-refractivity contribution in [2.45, 2.75) is 162 Å².